The Labute approximate surface area is 137 Å². The van der Waals surface area contributed by atoms with Crippen LogP contribution in [0.2, 0.25) is 0 Å². The third kappa shape index (κ3) is 4.53. The van der Waals surface area contributed by atoms with Crippen molar-refractivity contribution in [2.75, 3.05) is 6.54 Å². The Bertz CT molecular complexity index is 564. The molecular weight excluding hydrogens is 353 g/mol. The number of carbonyl (C=O) groups is 2. The maximum atomic E-state index is 13.5. The Balaban J connectivity index is 2.01. The molecule has 1 aromatic rings. The molecule has 1 unspecified atom stereocenters. The summed E-state index contributed by atoms with van der Waals surface area (Å²) in [4.78, 5) is 25.0. The van der Waals surface area contributed by atoms with Gasteiger partial charge in [0.05, 0.1) is 10.9 Å². The van der Waals surface area contributed by atoms with Gasteiger partial charge in [0, 0.05) is 19.0 Å². The number of hydrogen-bond acceptors (Lipinski definition) is 2. The monoisotopic (exact) mass is 371 g/mol. The normalized spacial score (nSPS) is 18.3. The van der Waals surface area contributed by atoms with Gasteiger partial charge in [0.25, 0.3) is 0 Å². The second-order valence-corrected chi connectivity index (χ2v) is 6.45. The number of amides is 1. The summed E-state index contributed by atoms with van der Waals surface area (Å²) in [5.74, 6) is -1.28. The number of carboxylic acid groups (broad SMARTS) is 1. The van der Waals surface area contributed by atoms with Crippen LogP contribution in [0.3, 0.4) is 0 Å². The zero-order valence-corrected chi connectivity index (χ0v) is 13.8. The Morgan fingerprint density at radius 1 is 1.36 bits per heavy atom. The average molecular weight is 372 g/mol. The van der Waals surface area contributed by atoms with Crippen molar-refractivity contribution in [1.82, 2.24) is 4.90 Å². The summed E-state index contributed by atoms with van der Waals surface area (Å²) in [6.07, 6.45) is 3.49. The van der Waals surface area contributed by atoms with Crippen molar-refractivity contribution >= 4 is 27.8 Å². The Kier molecular flexibility index (Phi) is 5.94. The fourth-order valence-corrected chi connectivity index (χ4v) is 3.09. The molecular formula is C16H19BrFNO3. The first-order valence-corrected chi connectivity index (χ1v) is 8.22. The van der Waals surface area contributed by atoms with E-state index in [-0.39, 0.29) is 30.6 Å². The van der Waals surface area contributed by atoms with E-state index in [1.54, 1.807) is 17.0 Å². The number of aliphatic carboxylic acids is 1. The van der Waals surface area contributed by atoms with Crippen LogP contribution < -0.4 is 0 Å². The van der Waals surface area contributed by atoms with Crippen LogP contribution in [0.5, 0.6) is 0 Å². The molecule has 0 spiro atoms. The lowest BCUT2D eigenvalue weighted by atomic mass is 9.97. The molecule has 1 aliphatic rings. The number of benzene rings is 1. The molecule has 2 rings (SSSR count). The molecule has 1 amide bonds. The number of halogens is 2. The van der Waals surface area contributed by atoms with Crippen molar-refractivity contribution in [3.63, 3.8) is 0 Å². The first-order valence-electron chi connectivity index (χ1n) is 7.42. The molecule has 120 valence electrons. The number of hydrogen-bond donors (Lipinski definition) is 1. The highest BCUT2D eigenvalue weighted by Crippen LogP contribution is 2.23. The van der Waals surface area contributed by atoms with Crippen LogP contribution in [0.25, 0.3) is 0 Å². The lowest BCUT2D eigenvalue weighted by Crippen LogP contribution is -2.44. The Morgan fingerprint density at radius 2 is 2.14 bits per heavy atom. The Hall–Kier alpha value is -1.43. The molecule has 1 aromatic carbocycles. The molecule has 22 heavy (non-hydrogen) atoms. The predicted molar refractivity (Wildman–Crippen MR) is 84.0 cm³/mol. The van der Waals surface area contributed by atoms with Crippen molar-refractivity contribution in [3.8, 4) is 0 Å². The molecule has 1 N–H and O–H groups in total. The summed E-state index contributed by atoms with van der Waals surface area (Å²) in [7, 11) is 0. The van der Waals surface area contributed by atoms with Crippen LogP contribution in [0, 0.1) is 5.82 Å². The van der Waals surface area contributed by atoms with E-state index < -0.39 is 5.97 Å². The fourth-order valence-electron chi connectivity index (χ4n) is 2.84. The molecule has 1 atom stereocenters. The highest BCUT2D eigenvalue weighted by molar-refractivity contribution is 9.10. The van der Waals surface area contributed by atoms with Gasteiger partial charge in [-0.3, -0.25) is 9.59 Å². The molecule has 1 heterocycles. The first-order chi connectivity index (χ1) is 10.5. The van der Waals surface area contributed by atoms with Crippen molar-refractivity contribution < 1.29 is 19.1 Å². The number of rotatable bonds is 5. The van der Waals surface area contributed by atoms with Crippen LogP contribution in [-0.2, 0) is 16.0 Å². The standard InChI is InChI=1S/C16H19BrFNO3/c17-13-6-4-11(9-14(13)18)10-15(20)19-8-2-1-3-12(19)5-7-16(21)22/h4,6,9,12H,1-3,5,7-8,10H2,(H,21,22). The number of likely N-dealkylation sites (tertiary alicyclic amines) is 1. The van der Waals surface area contributed by atoms with Crippen molar-refractivity contribution in [3.05, 3.63) is 34.1 Å². The highest BCUT2D eigenvalue weighted by atomic mass is 79.9. The number of carboxylic acids is 1. The van der Waals surface area contributed by atoms with Gasteiger partial charge >= 0.3 is 5.97 Å². The fraction of sp³-hybridized carbons (Fsp3) is 0.500. The van der Waals surface area contributed by atoms with E-state index >= 15 is 0 Å². The van der Waals surface area contributed by atoms with E-state index in [1.165, 1.54) is 6.07 Å². The maximum Gasteiger partial charge on any atom is 0.303 e. The second kappa shape index (κ2) is 7.72. The van der Waals surface area contributed by atoms with Crippen molar-refractivity contribution in [2.24, 2.45) is 0 Å². The van der Waals surface area contributed by atoms with Crippen LogP contribution in [-0.4, -0.2) is 34.5 Å². The molecule has 0 radical (unpaired) electrons. The predicted octanol–water partition coefficient (Wildman–Crippen LogP) is 3.38. The zero-order valence-electron chi connectivity index (χ0n) is 12.2. The SMILES string of the molecule is O=C(O)CCC1CCCCN1C(=O)Cc1ccc(Br)c(F)c1. The molecule has 0 saturated carbocycles. The van der Waals surface area contributed by atoms with Gasteiger partial charge in [0.1, 0.15) is 5.82 Å². The third-order valence-corrected chi connectivity index (χ3v) is 4.62. The number of nitrogens with zero attached hydrogens (tertiary/aromatic N) is 1. The summed E-state index contributed by atoms with van der Waals surface area (Å²) in [5.41, 5.74) is 0.633. The number of piperidine rings is 1. The molecule has 4 nitrogen and oxygen atoms in total. The highest BCUT2D eigenvalue weighted by Gasteiger charge is 2.27. The van der Waals surface area contributed by atoms with Gasteiger partial charge in [0.15, 0.2) is 0 Å². The van der Waals surface area contributed by atoms with E-state index in [2.05, 4.69) is 15.9 Å². The summed E-state index contributed by atoms with van der Waals surface area (Å²) >= 11 is 3.09. The lowest BCUT2D eigenvalue weighted by molar-refractivity contribution is -0.139. The van der Waals surface area contributed by atoms with Crippen LogP contribution in [0.1, 0.15) is 37.7 Å². The van der Waals surface area contributed by atoms with E-state index in [0.717, 1.165) is 19.3 Å². The minimum absolute atomic E-state index is 0.0161. The average Bonchev–Trinajstić information content (AvgIpc) is 2.49. The smallest absolute Gasteiger partial charge is 0.303 e. The second-order valence-electron chi connectivity index (χ2n) is 5.59. The Morgan fingerprint density at radius 3 is 2.82 bits per heavy atom. The van der Waals surface area contributed by atoms with Gasteiger partial charge in [-0.25, -0.2) is 4.39 Å². The maximum absolute atomic E-state index is 13.5. The lowest BCUT2D eigenvalue weighted by Gasteiger charge is -2.35. The van der Waals surface area contributed by atoms with Crippen molar-refractivity contribution in [1.29, 1.82) is 0 Å². The largest absolute Gasteiger partial charge is 0.481 e. The van der Waals surface area contributed by atoms with Gasteiger partial charge in [-0.05, 0) is 59.3 Å². The van der Waals surface area contributed by atoms with E-state index in [9.17, 15) is 14.0 Å². The summed E-state index contributed by atoms with van der Waals surface area (Å²) in [5, 5.41) is 8.81. The summed E-state index contributed by atoms with van der Waals surface area (Å²) in [6, 6.07) is 4.66. The molecule has 1 fully saturated rings. The number of carbonyl (C=O) groups excluding carboxylic acids is 1. The molecule has 0 bridgehead atoms. The van der Waals surface area contributed by atoms with Crippen molar-refractivity contribution in [2.45, 2.75) is 44.6 Å². The van der Waals surface area contributed by atoms with E-state index in [0.29, 0.717) is 23.0 Å². The van der Waals surface area contributed by atoms with Gasteiger partial charge in [-0.2, -0.15) is 0 Å². The zero-order chi connectivity index (χ0) is 16.1. The molecule has 0 aliphatic carbocycles. The summed E-state index contributed by atoms with van der Waals surface area (Å²) < 4.78 is 13.9. The van der Waals surface area contributed by atoms with Crippen LogP contribution in [0.4, 0.5) is 4.39 Å². The minimum Gasteiger partial charge on any atom is -0.481 e. The molecule has 1 saturated heterocycles. The van der Waals surface area contributed by atoms with Gasteiger partial charge in [-0.15, -0.1) is 0 Å². The molecule has 1 aliphatic heterocycles. The molecule has 0 aromatic heterocycles. The van der Waals surface area contributed by atoms with Gasteiger partial charge in [-0.1, -0.05) is 6.07 Å². The van der Waals surface area contributed by atoms with Gasteiger partial charge < -0.3 is 10.0 Å². The topological polar surface area (TPSA) is 57.6 Å². The van der Waals surface area contributed by atoms with Crippen LogP contribution in [0.15, 0.2) is 22.7 Å². The van der Waals surface area contributed by atoms with Crippen LogP contribution >= 0.6 is 15.9 Å². The minimum atomic E-state index is -0.840. The van der Waals surface area contributed by atoms with E-state index in [1.807, 2.05) is 0 Å². The third-order valence-electron chi connectivity index (χ3n) is 3.98. The van der Waals surface area contributed by atoms with E-state index in [4.69, 9.17) is 5.11 Å². The quantitative estimate of drug-likeness (QED) is 0.862. The molecule has 6 heteroatoms. The van der Waals surface area contributed by atoms with Gasteiger partial charge in [0.2, 0.25) is 5.91 Å². The first kappa shape index (κ1) is 16.9. The summed E-state index contributed by atoms with van der Waals surface area (Å²) in [6.45, 7) is 0.655.